The molecule has 0 bridgehead atoms. The third-order valence-electron chi connectivity index (χ3n) is 3.21. The normalized spacial score (nSPS) is 10.6. The van der Waals surface area contributed by atoms with Crippen LogP contribution >= 0.6 is 27.5 Å². The van der Waals surface area contributed by atoms with Gasteiger partial charge in [-0.3, -0.25) is 4.79 Å². The van der Waals surface area contributed by atoms with Crippen LogP contribution in [0.4, 0.5) is 5.69 Å². The molecule has 0 spiro atoms. The largest absolute Gasteiger partial charge is 0.321 e. The number of halogens is 2. The molecule has 3 rings (SSSR count). The molecule has 0 aromatic heterocycles. The van der Waals surface area contributed by atoms with Crippen molar-refractivity contribution in [1.29, 1.82) is 0 Å². The van der Waals surface area contributed by atoms with E-state index < -0.39 is 0 Å². The Balaban J connectivity index is 1.99. The first-order chi connectivity index (χ1) is 10.1. The van der Waals surface area contributed by atoms with Gasteiger partial charge in [0, 0.05) is 15.5 Å². The van der Waals surface area contributed by atoms with Gasteiger partial charge in [0.1, 0.15) is 0 Å². The second-order valence-electron chi connectivity index (χ2n) is 4.61. The molecular weight excluding hydrogens is 350 g/mol. The predicted octanol–water partition coefficient (Wildman–Crippen LogP) is 5.51. The molecule has 0 atom stereocenters. The van der Waals surface area contributed by atoms with Gasteiger partial charge in [-0.1, -0.05) is 63.9 Å². The maximum atomic E-state index is 12.4. The van der Waals surface area contributed by atoms with Crippen LogP contribution < -0.4 is 5.32 Å². The van der Waals surface area contributed by atoms with E-state index in [1.807, 2.05) is 42.5 Å². The smallest absolute Gasteiger partial charge is 0.257 e. The Hall–Kier alpha value is -1.84. The van der Waals surface area contributed by atoms with Crippen LogP contribution in [0.2, 0.25) is 5.02 Å². The van der Waals surface area contributed by atoms with E-state index in [-0.39, 0.29) is 5.91 Å². The monoisotopic (exact) mass is 359 g/mol. The van der Waals surface area contributed by atoms with Crippen LogP contribution in [0.5, 0.6) is 0 Å². The fraction of sp³-hybridized carbons (Fsp3) is 0. The summed E-state index contributed by atoms with van der Waals surface area (Å²) in [5.41, 5.74) is 1.22. The summed E-state index contributed by atoms with van der Waals surface area (Å²) in [6.07, 6.45) is 0. The molecule has 104 valence electrons. The van der Waals surface area contributed by atoms with Gasteiger partial charge in [0.25, 0.3) is 5.91 Å². The zero-order chi connectivity index (χ0) is 14.8. The van der Waals surface area contributed by atoms with Gasteiger partial charge >= 0.3 is 0 Å². The summed E-state index contributed by atoms with van der Waals surface area (Å²) in [6.45, 7) is 0. The Bertz CT molecular complexity index is 827. The highest BCUT2D eigenvalue weighted by Crippen LogP contribution is 2.26. The SMILES string of the molecule is O=C(Nc1cccc2ccccc12)c1cc(Br)ccc1Cl. The quantitative estimate of drug-likeness (QED) is 0.641. The van der Waals surface area contributed by atoms with Crippen molar-refractivity contribution in [3.8, 4) is 0 Å². The molecule has 0 saturated carbocycles. The molecule has 1 amide bonds. The Morgan fingerprint density at radius 3 is 2.62 bits per heavy atom. The molecule has 0 fully saturated rings. The number of anilines is 1. The molecule has 0 heterocycles. The average Bonchev–Trinajstić information content (AvgIpc) is 2.50. The van der Waals surface area contributed by atoms with Crippen molar-refractivity contribution in [2.24, 2.45) is 0 Å². The number of rotatable bonds is 2. The first-order valence-corrected chi connectivity index (χ1v) is 7.56. The zero-order valence-electron chi connectivity index (χ0n) is 10.9. The fourth-order valence-corrected chi connectivity index (χ4v) is 2.76. The lowest BCUT2D eigenvalue weighted by molar-refractivity contribution is 0.102. The fourth-order valence-electron chi connectivity index (χ4n) is 2.20. The molecule has 3 aromatic carbocycles. The van der Waals surface area contributed by atoms with Gasteiger partial charge in [0.15, 0.2) is 0 Å². The minimum atomic E-state index is -0.224. The molecule has 21 heavy (non-hydrogen) atoms. The standard InChI is InChI=1S/C17H11BrClNO/c18-12-8-9-15(19)14(10-12)17(21)20-16-7-3-5-11-4-1-2-6-13(11)16/h1-10H,(H,20,21). The van der Waals surface area contributed by atoms with E-state index in [0.29, 0.717) is 10.6 Å². The van der Waals surface area contributed by atoms with Crippen LogP contribution in [0.3, 0.4) is 0 Å². The highest BCUT2D eigenvalue weighted by Gasteiger charge is 2.12. The Morgan fingerprint density at radius 2 is 1.76 bits per heavy atom. The van der Waals surface area contributed by atoms with Crippen molar-refractivity contribution in [2.45, 2.75) is 0 Å². The summed E-state index contributed by atoms with van der Waals surface area (Å²) in [4.78, 5) is 12.4. The third kappa shape index (κ3) is 2.94. The van der Waals surface area contributed by atoms with Gasteiger partial charge in [-0.05, 0) is 29.7 Å². The van der Waals surface area contributed by atoms with Crippen LogP contribution in [0.25, 0.3) is 10.8 Å². The number of amides is 1. The molecule has 0 unspecified atom stereocenters. The number of nitrogens with one attached hydrogen (secondary N) is 1. The second-order valence-corrected chi connectivity index (χ2v) is 5.93. The van der Waals surface area contributed by atoms with Crippen LogP contribution in [-0.4, -0.2) is 5.91 Å². The lowest BCUT2D eigenvalue weighted by atomic mass is 10.1. The summed E-state index contributed by atoms with van der Waals surface area (Å²) in [5, 5.41) is 5.43. The highest BCUT2D eigenvalue weighted by molar-refractivity contribution is 9.10. The highest BCUT2D eigenvalue weighted by atomic mass is 79.9. The topological polar surface area (TPSA) is 29.1 Å². The summed E-state index contributed by atoms with van der Waals surface area (Å²) < 4.78 is 0.815. The summed E-state index contributed by atoms with van der Waals surface area (Å²) in [5.74, 6) is -0.224. The molecule has 0 radical (unpaired) electrons. The third-order valence-corrected chi connectivity index (χ3v) is 4.03. The average molecular weight is 361 g/mol. The summed E-state index contributed by atoms with van der Waals surface area (Å²) >= 11 is 9.45. The van der Waals surface area contributed by atoms with E-state index in [1.54, 1.807) is 18.2 Å². The van der Waals surface area contributed by atoms with Crippen molar-refractivity contribution in [2.75, 3.05) is 5.32 Å². The van der Waals surface area contributed by atoms with Gasteiger partial charge in [-0.15, -0.1) is 0 Å². The number of fused-ring (bicyclic) bond motifs is 1. The molecular formula is C17H11BrClNO. The van der Waals surface area contributed by atoms with E-state index in [2.05, 4.69) is 21.2 Å². The van der Waals surface area contributed by atoms with Gasteiger partial charge in [-0.25, -0.2) is 0 Å². The minimum absolute atomic E-state index is 0.224. The zero-order valence-corrected chi connectivity index (χ0v) is 13.3. The van der Waals surface area contributed by atoms with E-state index in [9.17, 15) is 4.79 Å². The number of carbonyl (C=O) groups excluding carboxylic acids is 1. The lowest BCUT2D eigenvalue weighted by Gasteiger charge is -2.10. The number of hydrogen-bond donors (Lipinski definition) is 1. The van der Waals surface area contributed by atoms with Gasteiger partial charge in [-0.2, -0.15) is 0 Å². The second kappa shape index (κ2) is 5.88. The molecule has 0 saturated heterocycles. The number of hydrogen-bond acceptors (Lipinski definition) is 1. The predicted molar refractivity (Wildman–Crippen MR) is 91.1 cm³/mol. The van der Waals surface area contributed by atoms with Gasteiger partial charge in [0.2, 0.25) is 0 Å². The van der Waals surface area contributed by atoms with Crippen LogP contribution in [0.1, 0.15) is 10.4 Å². The molecule has 3 aromatic rings. The maximum Gasteiger partial charge on any atom is 0.257 e. The van der Waals surface area contributed by atoms with Crippen LogP contribution in [-0.2, 0) is 0 Å². The van der Waals surface area contributed by atoms with Crippen molar-refractivity contribution < 1.29 is 4.79 Å². The van der Waals surface area contributed by atoms with Gasteiger partial charge < -0.3 is 5.32 Å². The van der Waals surface area contributed by atoms with Crippen LogP contribution in [0.15, 0.2) is 65.1 Å². The minimum Gasteiger partial charge on any atom is -0.321 e. The molecule has 0 aliphatic carbocycles. The number of carbonyl (C=O) groups is 1. The Labute approximate surface area is 135 Å². The molecule has 2 nitrogen and oxygen atoms in total. The molecule has 1 N–H and O–H groups in total. The van der Waals surface area contributed by atoms with E-state index in [1.165, 1.54) is 0 Å². The van der Waals surface area contributed by atoms with Crippen molar-refractivity contribution >= 4 is 49.9 Å². The molecule has 0 aliphatic heterocycles. The van der Waals surface area contributed by atoms with Gasteiger partial charge in [0.05, 0.1) is 10.6 Å². The Morgan fingerprint density at radius 1 is 1.00 bits per heavy atom. The molecule has 4 heteroatoms. The van der Waals surface area contributed by atoms with E-state index >= 15 is 0 Å². The summed E-state index contributed by atoms with van der Waals surface area (Å²) in [7, 11) is 0. The summed E-state index contributed by atoms with van der Waals surface area (Å²) in [6, 6.07) is 18.9. The van der Waals surface area contributed by atoms with Crippen molar-refractivity contribution in [3.63, 3.8) is 0 Å². The van der Waals surface area contributed by atoms with Crippen molar-refractivity contribution in [3.05, 3.63) is 75.7 Å². The molecule has 0 aliphatic rings. The Kier molecular flexibility index (Phi) is 3.95. The lowest BCUT2D eigenvalue weighted by Crippen LogP contribution is -2.12. The maximum absolute atomic E-state index is 12.4. The van der Waals surface area contributed by atoms with E-state index in [4.69, 9.17) is 11.6 Å². The van der Waals surface area contributed by atoms with E-state index in [0.717, 1.165) is 20.9 Å². The van der Waals surface area contributed by atoms with Crippen LogP contribution in [0, 0.1) is 0 Å². The first-order valence-electron chi connectivity index (χ1n) is 6.39. The van der Waals surface area contributed by atoms with Crippen molar-refractivity contribution in [1.82, 2.24) is 0 Å². The first kappa shape index (κ1) is 14.1. The number of benzene rings is 3.